The van der Waals surface area contributed by atoms with Crippen LogP contribution in [0.2, 0.25) is 0 Å². The van der Waals surface area contributed by atoms with Crippen LogP contribution in [0.15, 0.2) is 30.3 Å². The number of ether oxygens (including phenoxy) is 1. The van der Waals surface area contributed by atoms with Gasteiger partial charge in [0.2, 0.25) is 0 Å². The summed E-state index contributed by atoms with van der Waals surface area (Å²) >= 11 is 0. The van der Waals surface area contributed by atoms with Gasteiger partial charge in [0.05, 0.1) is 6.10 Å². The number of benzene rings is 1. The minimum atomic E-state index is -0.226. The molecule has 2 nitrogen and oxygen atoms in total. The molecule has 0 saturated heterocycles. The van der Waals surface area contributed by atoms with Crippen LogP contribution in [-0.4, -0.2) is 11.9 Å². The lowest BCUT2D eigenvalue weighted by atomic mass is 10.1. The van der Waals surface area contributed by atoms with Gasteiger partial charge in [-0.1, -0.05) is 30.3 Å². The van der Waals surface area contributed by atoms with E-state index in [9.17, 15) is 0 Å². The lowest BCUT2D eigenvalue weighted by molar-refractivity contribution is -0.0437. The Morgan fingerprint density at radius 1 is 1.36 bits per heavy atom. The Morgan fingerprint density at radius 3 is 2.55 bits per heavy atom. The molecule has 0 heterocycles. The van der Waals surface area contributed by atoms with E-state index in [1.165, 1.54) is 0 Å². The van der Waals surface area contributed by atoms with E-state index in [2.05, 4.69) is 0 Å². The molecule has 1 N–H and O–H groups in total. The molecular formula is C9H12O2. The Bertz CT molecular complexity index is 196. The summed E-state index contributed by atoms with van der Waals surface area (Å²) in [5.74, 6) is 0. The molecule has 0 radical (unpaired) electrons. The number of aliphatic hydroxyl groups is 1. The van der Waals surface area contributed by atoms with E-state index in [1.54, 1.807) is 0 Å². The summed E-state index contributed by atoms with van der Waals surface area (Å²) in [5, 5.41) is 8.48. The van der Waals surface area contributed by atoms with Gasteiger partial charge in [0.15, 0.2) is 0 Å². The molecule has 0 aliphatic carbocycles. The summed E-state index contributed by atoms with van der Waals surface area (Å²) in [7, 11) is 0. The van der Waals surface area contributed by atoms with E-state index in [1.807, 2.05) is 37.3 Å². The highest BCUT2D eigenvalue weighted by atomic mass is 16.6. The maximum atomic E-state index is 8.48. The normalized spacial score (nSPS) is 12.9. The van der Waals surface area contributed by atoms with Gasteiger partial charge in [0, 0.05) is 0 Å². The third-order valence-electron chi connectivity index (χ3n) is 1.59. The van der Waals surface area contributed by atoms with Crippen LogP contribution in [-0.2, 0) is 4.74 Å². The zero-order chi connectivity index (χ0) is 8.10. The Kier molecular flexibility index (Phi) is 3.08. The summed E-state index contributed by atoms with van der Waals surface area (Å²) in [6.07, 6.45) is -0.0267. The zero-order valence-corrected chi connectivity index (χ0v) is 6.53. The molecule has 0 aliphatic rings. The fraction of sp³-hybridized carbons (Fsp3) is 0.333. The van der Waals surface area contributed by atoms with Crippen LogP contribution in [0.3, 0.4) is 0 Å². The van der Waals surface area contributed by atoms with E-state index < -0.39 is 0 Å². The summed E-state index contributed by atoms with van der Waals surface area (Å²) in [6.45, 7) is 1.68. The van der Waals surface area contributed by atoms with Crippen molar-refractivity contribution in [2.45, 2.75) is 13.0 Å². The maximum Gasteiger partial charge on any atom is 0.144 e. The summed E-state index contributed by atoms with van der Waals surface area (Å²) < 4.78 is 4.98. The Hall–Kier alpha value is -0.860. The lowest BCUT2D eigenvalue weighted by Gasteiger charge is -2.09. The third kappa shape index (κ3) is 2.33. The standard InChI is InChI=1S/C9H12O2/c1-8(11-7-10)9-5-3-2-4-6-9/h2-6,8,10H,7H2,1H3. The first-order valence-corrected chi connectivity index (χ1v) is 3.62. The summed E-state index contributed by atoms with van der Waals surface area (Å²) in [6, 6.07) is 9.80. The van der Waals surface area contributed by atoms with E-state index in [0.29, 0.717) is 0 Å². The molecule has 1 atom stereocenters. The molecular weight excluding hydrogens is 140 g/mol. The largest absolute Gasteiger partial charge is 0.371 e. The van der Waals surface area contributed by atoms with Crippen LogP contribution in [0.4, 0.5) is 0 Å². The molecule has 1 aromatic carbocycles. The second kappa shape index (κ2) is 4.11. The number of rotatable bonds is 3. The number of hydrogen-bond donors (Lipinski definition) is 1. The Labute approximate surface area is 66.4 Å². The third-order valence-corrected chi connectivity index (χ3v) is 1.59. The minimum Gasteiger partial charge on any atom is -0.371 e. The van der Waals surface area contributed by atoms with Gasteiger partial charge < -0.3 is 9.84 Å². The van der Waals surface area contributed by atoms with Crippen molar-refractivity contribution < 1.29 is 9.84 Å². The molecule has 1 unspecified atom stereocenters. The second-order valence-electron chi connectivity index (χ2n) is 2.35. The highest BCUT2D eigenvalue weighted by molar-refractivity contribution is 5.16. The van der Waals surface area contributed by atoms with Gasteiger partial charge in [-0.3, -0.25) is 0 Å². The molecule has 2 heteroatoms. The van der Waals surface area contributed by atoms with E-state index in [-0.39, 0.29) is 12.9 Å². The van der Waals surface area contributed by atoms with E-state index >= 15 is 0 Å². The van der Waals surface area contributed by atoms with Crippen molar-refractivity contribution in [1.29, 1.82) is 0 Å². The van der Waals surface area contributed by atoms with Crippen molar-refractivity contribution in [3.63, 3.8) is 0 Å². The molecule has 0 amide bonds. The van der Waals surface area contributed by atoms with Gasteiger partial charge in [0.25, 0.3) is 0 Å². The smallest absolute Gasteiger partial charge is 0.144 e. The molecule has 11 heavy (non-hydrogen) atoms. The van der Waals surface area contributed by atoms with E-state index in [4.69, 9.17) is 9.84 Å². The topological polar surface area (TPSA) is 29.5 Å². The first kappa shape index (κ1) is 8.24. The lowest BCUT2D eigenvalue weighted by Crippen LogP contribution is -1.99. The molecule has 0 aromatic heterocycles. The maximum absolute atomic E-state index is 8.48. The van der Waals surface area contributed by atoms with Crippen LogP contribution in [0.25, 0.3) is 0 Å². The first-order chi connectivity index (χ1) is 5.34. The average Bonchev–Trinajstić information content (AvgIpc) is 2.07. The second-order valence-corrected chi connectivity index (χ2v) is 2.35. The molecule has 0 aliphatic heterocycles. The fourth-order valence-electron chi connectivity index (χ4n) is 0.932. The van der Waals surface area contributed by atoms with Crippen molar-refractivity contribution in [3.05, 3.63) is 35.9 Å². The fourth-order valence-corrected chi connectivity index (χ4v) is 0.932. The average molecular weight is 152 g/mol. The van der Waals surface area contributed by atoms with Gasteiger partial charge in [-0.05, 0) is 12.5 Å². The van der Waals surface area contributed by atoms with Crippen molar-refractivity contribution >= 4 is 0 Å². The van der Waals surface area contributed by atoms with Gasteiger partial charge in [-0.2, -0.15) is 0 Å². The highest BCUT2D eigenvalue weighted by Gasteiger charge is 2.01. The van der Waals surface area contributed by atoms with Gasteiger partial charge in [0.1, 0.15) is 6.79 Å². The van der Waals surface area contributed by atoms with Crippen molar-refractivity contribution in [1.82, 2.24) is 0 Å². The van der Waals surface area contributed by atoms with Crippen molar-refractivity contribution in [2.75, 3.05) is 6.79 Å². The van der Waals surface area contributed by atoms with Gasteiger partial charge >= 0.3 is 0 Å². The molecule has 0 saturated carbocycles. The Morgan fingerprint density at radius 2 is 2.00 bits per heavy atom. The van der Waals surface area contributed by atoms with Crippen LogP contribution >= 0.6 is 0 Å². The van der Waals surface area contributed by atoms with Crippen LogP contribution in [0, 0.1) is 0 Å². The minimum absolute atomic E-state index is 0.0267. The van der Waals surface area contributed by atoms with Crippen LogP contribution < -0.4 is 0 Å². The SMILES string of the molecule is CC(OCO)c1ccccc1. The molecule has 0 spiro atoms. The van der Waals surface area contributed by atoms with Crippen LogP contribution in [0.5, 0.6) is 0 Å². The van der Waals surface area contributed by atoms with Gasteiger partial charge in [-0.15, -0.1) is 0 Å². The van der Waals surface area contributed by atoms with Crippen molar-refractivity contribution in [2.24, 2.45) is 0 Å². The summed E-state index contributed by atoms with van der Waals surface area (Å²) in [5.41, 5.74) is 1.08. The summed E-state index contributed by atoms with van der Waals surface area (Å²) in [4.78, 5) is 0. The molecule has 1 aromatic rings. The monoisotopic (exact) mass is 152 g/mol. The van der Waals surface area contributed by atoms with Crippen molar-refractivity contribution in [3.8, 4) is 0 Å². The molecule has 0 bridgehead atoms. The number of aliphatic hydroxyl groups excluding tert-OH is 1. The predicted molar refractivity (Wildman–Crippen MR) is 43.0 cm³/mol. The molecule has 0 fully saturated rings. The number of hydrogen-bond acceptors (Lipinski definition) is 2. The molecule has 60 valence electrons. The van der Waals surface area contributed by atoms with E-state index in [0.717, 1.165) is 5.56 Å². The Balaban J connectivity index is 2.61. The predicted octanol–water partition coefficient (Wildman–Crippen LogP) is 1.71. The molecule has 1 rings (SSSR count). The first-order valence-electron chi connectivity index (χ1n) is 3.62. The highest BCUT2D eigenvalue weighted by Crippen LogP contribution is 2.14. The van der Waals surface area contributed by atoms with Gasteiger partial charge in [-0.25, -0.2) is 0 Å². The van der Waals surface area contributed by atoms with Crippen LogP contribution in [0.1, 0.15) is 18.6 Å². The zero-order valence-electron chi connectivity index (χ0n) is 6.53. The quantitative estimate of drug-likeness (QED) is 0.668.